The van der Waals surface area contributed by atoms with Crippen LogP contribution in [0.25, 0.3) is 0 Å². The molecule has 24 heavy (non-hydrogen) atoms. The number of hydrogen-bond donors (Lipinski definition) is 1. The third-order valence-corrected chi connectivity index (χ3v) is 5.12. The van der Waals surface area contributed by atoms with Crippen LogP contribution in [0.2, 0.25) is 0 Å². The summed E-state index contributed by atoms with van der Waals surface area (Å²) in [6, 6.07) is 15.0. The number of fused-ring (bicyclic) bond motifs is 3. The van der Waals surface area contributed by atoms with Crippen LogP contribution in [0, 0.1) is 5.92 Å². The summed E-state index contributed by atoms with van der Waals surface area (Å²) >= 11 is 0. The molecule has 2 aromatic carbocycles. The maximum absolute atomic E-state index is 5.70. The minimum absolute atomic E-state index is 0.256. The molecular formula is C21H23NO2. The fourth-order valence-electron chi connectivity index (χ4n) is 4.06. The maximum atomic E-state index is 5.70. The van der Waals surface area contributed by atoms with E-state index in [-0.39, 0.29) is 6.04 Å². The molecule has 1 aliphatic heterocycles. The molecule has 1 N–H and O–H groups in total. The lowest BCUT2D eigenvalue weighted by molar-refractivity contribution is 0.338. The summed E-state index contributed by atoms with van der Waals surface area (Å²) < 4.78 is 11.3. The van der Waals surface area contributed by atoms with Crippen molar-refractivity contribution in [3.8, 4) is 11.5 Å². The van der Waals surface area contributed by atoms with Crippen molar-refractivity contribution >= 4 is 5.69 Å². The number of methoxy groups -OCH3 is 1. The zero-order valence-electron chi connectivity index (χ0n) is 14.2. The number of rotatable bonds is 4. The van der Waals surface area contributed by atoms with Crippen molar-refractivity contribution in [2.45, 2.75) is 25.3 Å². The minimum atomic E-state index is 0.256. The standard InChI is InChI=1S/C21H23NO2/c1-3-24-14-11-12-19-18(13-14)15-8-6-9-16(15)21(22-19)17-7-4-5-10-20(17)23-2/h4-8,10-13,15-16,21-22H,3,9H2,1-2H3. The van der Waals surface area contributed by atoms with Gasteiger partial charge in [0.25, 0.3) is 0 Å². The Bertz CT molecular complexity index is 768. The number of benzene rings is 2. The van der Waals surface area contributed by atoms with Gasteiger partial charge < -0.3 is 14.8 Å². The first kappa shape index (κ1) is 15.1. The number of nitrogens with one attached hydrogen (secondary N) is 1. The Kier molecular flexibility index (Phi) is 3.93. The lowest BCUT2D eigenvalue weighted by Crippen LogP contribution is -2.29. The Hall–Kier alpha value is -2.42. The van der Waals surface area contributed by atoms with E-state index in [1.165, 1.54) is 16.8 Å². The van der Waals surface area contributed by atoms with Crippen LogP contribution in [0.1, 0.15) is 36.4 Å². The SMILES string of the molecule is CCOc1ccc2c(c1)C1C=CCC1C(c1ccccc1OC)N2. The van der Waals surface area contributed by atoms with Gasteiger partial charge in [0.05, 0.1) is 19.8 Å². The van der Waals surface area contributed by atoms with Crippen LogP contribution < -0.4 is 14.8 Å². The molecule has 3 nitrogen and oxygen atoms in total. The second-order valence-corrected chi connectivity index (χ2v) is 6.40. The van der Waals surface area contributed by atoms with Gasteiger partial charge in [-0.25, -0.2) is 0 Å². The van der Waals surface area contributed by atoms with Crippen LogP contribution in [0.5, 0.6) is 11.5 Å². The predicted molar refractivity (Wildman–Crippen MR) is 97.0 cm³/mol. The number of para-hydroxylation sites is 1. The Labute approximate surface area is 143 Å². The zero-order chi connectivity index (χ0) is 16.5. The highest BCUT2D eigenvalue weighted by Gasteiger charge is 2.39. The number of anilines is 1. The average molecular weight is 321 g/mol. The molecule has 0 radical (unpaired) electrons. The van der Waals surface area contributed by atoms with Gasteiger partial charge in [-0.2, -0.15) is 0 Å². The normalized spacial score (nSPS) is 24.0. The first-order valence-electron chi connectivity index (χ1n) is 8.64. The summed E-state index contributed by atoms with van der Waals surface area (Å²) in [6.07, 6.45) is 5.74. The molecule has 0 fully saturated rings. The Balaban J connectivity index is 1.76. The second kappa shape index (κ2) is 6.23. The van der Waals surface area contributed by atoms with Crippen molar-refractivity contribution in [1.29, 1.82) is 0 Å². The minimum Gasteiger partial charge on any atom is -0.496 e. The van der Waals surface area contributed by atoms with E-state index in [2.05, 4.69) is 41.7 Å². The molecule has 0 saturated carbocycles. The molecule has 2 aliphatic rings. The summed E-state index contributed by atoms with van der Waals surface area (Å²) in [4.78, 5) is 0. The van der Waals surface area contributed by atoms with Crippen LogP contribution in [-0.2, 0) is 0 Å². The Morgan fingerprint density at radius 1 is 1.12 bits per heavy atom. The average Bonchev–Trinajstić information content (AvgIpc) is 3.11. The van der Waals surface area contributed by atoms with Gasteiger partial charge in [-0.1, -0.05) is 30.4 Å². The van der Waals surface area contributed by atoms with E-state index >= 15 is 0 Å². The molecule has 0 aromatic heterocycles. The fraction of sp³-hybridized carbons (Fsp3) is 0.333. The topological polar surface area (TPSA) is 30.5 Å². The lowest BCUT2D eigenvalue weighted by atomic mass is 9.77. The van der Waals surface area contributed by atoms with Crippen LogP contribution in [0.15, 0.2) is 54.6 Å². The predicted octanol–water partition coefficient (Wildman–Crippen LogP) is 4.92. The van der Waals surface area contributed by atoms with E-state index in [0.29, 0.717) is 18.4 Å². The lowest BCUT2D eigenvalue weighted by Gasteiger charge is -2.38. The molecule has 3 atom stereocenters. The van der Waals surface area contributed by atoms with Crippen molar-refractivity contribution in [3.05, 3.63) is 65.7 Å². The van der Waals surface area contributed by atoms with Gasteiger partial charge >= 0.3 is 0 Å². The number of allylic oxidation sites excluding steroid dienone is 2. The smallest absolute Gasteiger partial charge is 0.124 e. The zero-order valence-corrected chi connectivity index (χ0v) is 14.2. The van der Waals surface area contributed by atoms with Gasteiger partial charge in [-0.15, -0.1) is 0 Å². The third kappa shape index (κ3) is 2.44. The van der Waals surface area contributed by atoms with E-state index < -0.39 is 0 Å². The molecule has 2 aromatic rings. The van der Waals surface area contributed by atoms with E-state index in [1.54, 1.807) is 7.11 Å². The van der Waals surface area contributed by atoms with E-state index in [0.717, 1.165) is 17.9 Å². The molecule has 0 spiro atoms. The van der Waals surface area contributed by atoms with Crippen molar-refractivity contribution in [3.63, 3.8) is 0 Å². The van der Waals surface area contributed by atoms with E-state index in [1.807, 2.05) is 25.1 Å². The van der Waals surface area contributed by atoms with Gasteiger partial charge in [0.1, 0.15) is 11.5 Å². The molecule has 3 heteroatoms. The maximum Gasteiger partial charge on any atom is 0.124 e. The van der Waals surface area contributed by atoms with Crippen LogP contribution in [0.4, 0.5) is 5.69 Å². The summed E-state index contributed by atoms with van der Waals surface area (Å²) in [5, 5.41) is 3.75. The molecule has 1 aliphatic carbocycles. The van der Waals surface area contributed by atoms with Crippen LogP contribution in [0.3, 0.4) is 0 Å². The first-order valence-corrected chi connectivity index (χ1v) is 8.64. The molecule has 0 saturated heterocycles. The van der Waals surface area contributed by atoms with Crippen molar-refractivity contribution < 1.29 is 9.47 Å². The van der Waals surface area contributed by atoms with Crippen molar-refractivity contribution in [2.75, 3.05) is 19.0 Å². The summed E-state index contributed by atoms with van der Waals surface area (Å²) in [5.41, 5.74) is 3.77. The third-order valence-electron chi connectivity index (χ3n) is 5.12. The molecule has 1 heterocycles. The Morgan fingerprint density at radius 3 is 2.83 bits per heavy atom. The highest BCUT2D eigenvalue weighted by atomic mass is 16.5. The van der Waals surface area contributed by atoms with Gasteiger partial charge in [0.15, 0.2) is 0 Å². The summed E-state index contributed by atoms with van der Waals surface area (Å²) in [7, 11) is 1.74. The second-order valence-electron chi connectivity index (χ2n) is 6.40. The molecule has 4 rings (SSSR count). The van der Waals surface area contributed by atoms with E-state index in [9.17, 15) is 0 Å². The molecule has 124 valence electrons. The van der Waals surface area contributed by atoms with Gasteiger partial charge in [0, 0.05) is 17.2 Å². The summed E-state index contributed by atoms with van der Waals surface area (Å²) in [6.45, 7) is 2.72. The quantitative estimate of drug-likeness (QED) is 0.811. The largest absolute Gasteiger partial charge is 0.496 e. The first-order chi connectivity index (χ1) is 11.8. The highest BCUT2D eigenvalue weighted by molar-refractivity contribution is 5.62. The Morgan fingerprint density at radius 2 is 2.00 bits per heavy atom. The number of ether oxygens (including phenoxy) is 2. The fourth-order valence-corrected chi connectivity index (χ4v) is 4.06. The monoisotopic (exact) mass is 321 g/mol. The van der Waals surface area contributed by atoms with Crippen molar-refractivity contribution in [2.24, 2.45) is 5.92 Å². The van der Waals surface area contributed by atoms with Crippen LogP contribution in [-0.4, -0.2) is 13.7 Å². The molecule has 0 amide bonds. The van der Waals surface area contributed by atoms with E-state index in [4.69, 9.17) is 9.47 Å². The molecular weight excluding hydrogens is 298 g/mol. The van der Waals surface area contributed by atoms with Gasteiger partial charge in [-0.05, 0) is 49.1 Å². The van der Waals surface area contributed by atoms with Gasteiger partial charge in [-0.3, -0.25) is 0 Å². The summed E-state index contributed by atoms with van der Waals surface area (Å²) in [5.74, 6) is 2.84. The van der Waals surface area contributed by atoms with Crippen molar-refractivity contribution in [1.82, 2.24) is 0 Å². The number of hydrogen-bond acceptors (Lipinski definition) is 3. The van der Waals surface area contributed by atoms with Gasteiger partial charge in [0.2, 0.25) is 0 Å². The molecule has 3 unspecified atom stereocenters. The molecule has 0 bridgehead atoms. The van der Waals surface area contributed by atoms with Crippen LogP contribution >= 0.6 is 0 Å². The highest BCUT2D eigenvalue weighted by Crippen LogP contribution is 2.51.